The molecule has 2 rings (SSSR count). The largest absolute Gasteiger partial charge is 0.376 e. The lowest BCUT2D eigenvalue weighted by Gasteiger charge is -2.29. The van der Waals surface area contributed by atoms with Crippen LogP contribution in [0.3, 0.4) is 0 Å². The molecule has 1 aliphatic carbocycles. The van der Waals surface area contributed by atoms with Gasteiger partial charge in [-0.1, -0.05) is 54.8 Å². The van der Waals surface area contributed by atoms with Gasteiger partial charge < -0.3 is 4.74 Å². The van der Waals surface area contributed by atoms with Crippen LogP contribution in [0.2, 0.25) is 0 Å². The van der Waals surface area contributed by atoms with E-state index in [4.69, 9.17) is 4.74 Å². The molecule has 1 heteroatoms. The molecule has 0 unspecified atom stereocenters. The molecule has 1 aromatic carbocycles. The molecule has 0 spiro atoms. The van der Waals surface area contributed by atoms with E-state index in [1.54, 1.807) is 0 Å². The highest BCUT2D eigenvalue weighted by atomic mass is 16.5. The third-order valence-electron chi connectivity index (χ3n) is 3.96. The van der Waals surface area contributed by atoms with Gasteiger partial charge in [-0.05, 0) is 44.1 Å². The van der Waals surface area contributed by atoms with Crippen LogP contribution in [0.4, 0.5) is 0 Å². The van der Waals surface area contributed by atoms with Crippen LogP contribution in [-0.2, 0) is 11.3 Å². The molecule has 0 heterocycles. The van der Waals surface area contributed by atoms with Gasteiger partial charge in [0.25, 0.3) is 0 Å². The minimum atomic E-state index is 0.715. The Morgan fingerprint density at radius 3 is 2.63 bits per heavy atom. The molecule has 0 radical (unpaired) electrons. The number of ether oxygens (including phenoxy) is 1. The molecule has 1 fully saturated rings. The summed E-state index contributed by atoms with van der Waals surface area (Å²) in [5.74, 6) is 1.45. The van der Waals surface area contributed by atoms with E-state index in [9.17, 15) is 0 Å². The molecule has 19 heavy (non-hydrogen) atoms. The average molecular weight is 258 g/mol. The summed E-state index contributed by atoms with van der Waals surface area (Å²) in [6.45, 7) is 6.06. The fourth-order valence-electron chi connectivity index (χ4n) is 2.99. The van der Waals surface area contributed by atoms with E-state index >= 15 is 0 Å². The summed E-state index contributed by atoms with van der Waals surface area (Å²) >= 11 is 0. The Labute approximate surface area is 117 Å². The van der Waals surface area contributed by atoms with Crippen molar-refractivity contribution in [1.29, 1.82) is 0 Å². The molecule has 104 valence electrons. The van der Waals surface area contributed by atoms with E-state index < -0.39 is 0 Å². The van der Waals surface area contributed by atoms with Crippen LogP contribution in [0, 0.1) is 11.8 Å². The van der Waals surface area contributed by atoms with Crippen molar-refractivity contribution in [3.63, 3.8) is 0 Å². The third-order valence-corrected chi connectivity index (χ3v) is 3.96. The van der Waals surface area contributed by atoms with Crippen LogP contribution in [-0.4, -0.2) is 6.61 Å². The Morgan fingerprint density at radius 2 is 1.89 bits per heavy atom. The summed E-state index contributed by atoms with van der Waals surface area (Å²) in [5, 5.41) is 0. The quantitative estimate of drug-likeness (QED) is 0.677. The second kappa shape index (κ2) is 7.49. The molecule has 0 bridgehead atoms. The van der Waals surface area contributed by atoms with Crippen molar-refractivity contribution in [3.8, 4) is 0 Å². The van der Waals surface area contributed by atoms with Crippen LogP contribution in [0.1, 0.15) is 45.1 Å². The van der Waals surface area contributed by atoms with E-state index in [-0.39, 0.29) is 0 Å². The second-order valence-corrected chi connectivity index (χ2v) is 5.95. The maximum absolute atomic E-state index is 5.94. The Balaban J connectivity index is 1.81. The maximum atomic E-state index is 5.94. The lowest BCUT2D eigenvalue weighted by atomic mass is 9.79. The molecule has 1 aliphatic rings. The summed E-state index contributed by atoms with van der Waals surface area (Å²) in [4.78, 5) is 0. The molecule has 1 nitrogen and oxygen atoms in total. The van der Waals surface area contributed by atoms with Crippen molar-refractivity contribution < 1.29 is 4.74 Å². The number of allylic oxidation sites excluding steroid dienone is 2. The molecule has 0 aliphatic heterocycles. The van der Waals surface area contributed by atoms with E-state index in [2.05, 4.69) is 50.3 Å². The van der Waals surface area contributed by atoms with Gasteiger partial charge in [0.2, 0.25) is 0 Å². The predicted molar refractivity (Wildman–Crippen MR) is 81.0 cm³/mol. The smallest absolute Gasteiger partial charge is 0.0717 e. The molecular formula is C18H26O. The van der Waals surface area contributed by atoms with Crippen LogP contribution in [0.15, 0.2) is 42.0 Å². The molecule has 2 atom stereocenters. The van der Waals surface area contributed by atoms with Crippen molar-refractivity contribution in [3.05, 3.63) is 47.5 Å². The van der Waals surface area contributed by atoms with E-state index in [0.717, 1.165) is 19.1 Å². The van der Waals surface area contributed by atoms with Crippen LogP contribution in [0.5, 0.6) is 0 Å². The zero-order valence-corrected chi connectivity index (χ0v) is 12.3. The first-order valence-corrected chi connectivity index (χ1v) is 7.52. The van der Waals surface area contributed by atoms with Gasteiger partial charge in [0.1, 0.15) is 0 Å². The first kappa shape index (κ1) is 14.3. The second-order valence-electron chi connectivity index (χ2n) is 5.95. The summed E-state index contributed by atoms with van der Waals surface area (Å²) in [5.41, 5.74) is 2.72. The minimum Gasteiger partial charge on any atom is -0.376 e. The van der Waals surface area contributed by atoms with Gasteiger partial charge >= 0.3 is 0 Å². The Kier molecular flexibility index (Phi) is 5.65. The molecular weight excluding hydrogens is 232 g/mol. The average Bonchev–Trinajstić information content (AvgIpc) is 2.41. The lowest BCUT2D eigenvalue weighted by Crippen LogP contribution is -2.22. The number of hydrogen-bond acceptors (Lipinski definition) is 1. The van der Waals surface area contributed by atoms with Crippen molar-refractivity contribution >= 4 is 0 Å². The highest BCUT2D eigenvalue weighted by molar-refractivity contribution is 5.13. The Bertz CT molecular complexity index is 389. The molecule has 0 N–H and O–H groups in total. The van der Waals surface area contributed by atoms with Crippen molar-refractivity contribution in [2.45, 2.75) is 46.1 Å². The topological polar surface area (TPSA) is 9.23 Å². The van der Waals surface area contributed by atoms with Gasteiger partial charge in [0.15, 0.2) is 0 Å². The van der Waals surface area contributed by atoms with Gasteiger partial charge in [-0.3, -0.25) is 0 Å². The molecule has 0 aromatic heterocycles. The zero-order valence-electron chi connectivity index (χ0n) is 12.3. The Hall–Kier alpha value is -1.08. The molecule has 1 saturated carbocycles. The first-order chi connectivity index (χ1) is 9.25. The third kappa shape index (κ3) is 4.83. The summed E-state index contributed by atoms with van der Waals surface area (Å²) in [6.07, 6.45) is 7.86. The van der Waals surface area contributed by atoms with Crippen LogP contribution >= 0.6 is 0 Å². The first-order valence-electron chi connectivity index (χ1n) is 7.52. The van der Waals surface area contributed by atoms with E-state index in [1.165, 1.54) is 36.8 Å². The van der Waals surface area contributed by atoms with Crippen molar-refractivity contribution in [2.75, 3.05) is 6.61 Å². The highest BCUT2D eigenvalue weighted by Crippen LogP contribution is 2.32. The van der Waals surface area contributed by atoms with Gasteiger partial charge in [-0.15, -0.1) is 0 Å². The minimum absolute atomic E-state index is 0.715. The van der Waals surface area contributed by atoms with Gasteiger partial charge in [0.05, 0.1) is 13.2 Å². The van der Waals surface area contributed by atoms with Gasteiger partial charge in [-0.2, -0.15) is 0 Å². The molecule has 0 amide bonds. The monoisotopic (exact) mass is 258 g/mol. The highest BCUT2D eigenvalue weighted by Gasteiger charge is 2.23. The zero-order chi connectivity index (χ0) is 13.5. The Morgan fingerprint density at radius 1 is 1.16 bits per heavy atom. The normalized spacial score (nSPS) is 23.1. The number of hydrogen-bond donors (Lipinski definition) is 0. The lowest BCUT2D eigenvalue weighted by molar-refractivity contribution is 0.0593. The standard InChI is InChI=1S/C18H26O/c1-15(2)12-17-10-6-7-11-18(17)14-19-13-16-8-4-3-5-9-16/h3-5,8-9,12,17-18H,6-7,10-11,13-14H2,1-2H3/t17-,18-/m0/s1. The number of benzene rings is 1. The van der Waals surface area contributed by atoms with Crippen molar-refractivity contribution in [2.24, 2.45) is 11.8 Å². The summed E-state index contributed by atoms with van der Waals surface area (Å²) < 4.78 is 5.94. The van der Waals surface area contributed by atoms with Crippen molar-refractivity contribution in [1.82, 2.24) is 0 Å². The fraction of sp³-hybridized carbons (Fsp3) is 0.556. The number of rotatable bonds is 5. The van der Waals surface area contributed by atoms with Crippen LogP contribution < -0.4 is 0 Å². The molecule has 0 saturated heterocycles. The predicted octanol–water partition coefficient (Wildman–Crippen LogP) is 4.98. The summed E-state index contributed by atoms with van der Waals surface area (Å²) in [7, 11) is 0. The fourth-order valence-corrected chi connectivity index (χ4v) is 2.99. The maximum Gasteiger partial charge on any atom is 0.0717 e. The van der Waals surface area contributed by atoms with Gasteiger partial charge in [0, 0.05) is 0 Å². The SMILES string of the molecule is CC(C)=C[C@@H]1CCCC[C@H]1COCc1ccccc1. The molecule has 1 aromatic rings. The van der Waals surface area contributed by atoms with E-state index in [1.807, 2.05) is 0 Å². The summed E-state index contributed by atoms with van der Waals surface area (Å²) in [6, 6.07) is 10.5. The van der Waals surface area contributed by atoms with Crippen LogP contribution in [0.25, 0.3) is 0 Å². The van der Waals surface area contributed by atoms with Gasteiger partial charge in [-0.25, -0.2) is 0 Å². The van der Waals surface area contributed by atoms with E-state index in [0.29, 0.717) is 5.92 Å².